The van der Waals surface area contributed by atoms with Gasteiger partial charge < -0.3 is 4.90 Å². The van der Waals surface area contributed by atoms with Crippen molar-refractivity contribution in [2.75, 3.05) is 18.0 Å². The highest BCUT2D eigenvalue weighted by atomic mass is 35.5. The van der Waals surface area contributed by atoms with Crippen LogP contribution in [0.25, 0.3) is 5.78 Å². The maximum atomic E-state index is 6.19. The first-order valence-electron chi connectivity index (χ1n) is 6.38. The van der Waals surface area contributed by atoms with E-state index in [1.165, 1.54) is 32.0 Å². The molecule has 0 spiro atoms. The Bertz CT molecular complexity index is 557. The summed E-state index contributed by atoms with van der Waals surface area (Å²) in [7, 11) is 0. The largest absolute Gasteiger partial charge is 0.356 e. The van der Waals surface area contributed by atoms with E-state index in [1.54, 1.807) is 4.52 Å². The second kappa shape index (κ2) is 4.72. The van der Waals surface area contributed by atoms with Crippen LogP contribution in [0.1, 0.15) is 31.2 Å². The molecule has 0 atom stereocenters. The van der Waals surface area contributed by atoms with E-state index in [2.05, 4.69) is 20.0 Å². The molecule has 3 heterocycles. The second-order valence-corrected chi connectivity index (χ2v) is 5.08. The first-order chi connectivity index (χ1) is 8.77. The van der Waals surface area contributed by atoms with Gasteiger partial charge in [0.1, 0.15) is 17.3 Å². The number of halogens is 1. The molecule has 1 aliphatic heterocycles. The third kappa shape index (κ3) is 1.92. The number of anilines is 1. The Morgan fingerprint density at radius 2 is 1.89 bits per heavy atom. The molecule has 1 saturated heterocycles. The minimum Gasteiger partial charge on any atom is -0.356 e. The Balaban J connectivity index is 2.13. The van der Waals surface area contributed by atoms with Gasteiger partial charge in [-0.05, 0) is 19.8 Å². The maximum absolute atomic E-state index is 6.19. The van der Waals surface area contributed by atoms with Crippen molar-refractivity contribution in [3.8, 4) is 0 Å². The fourth-order valence-corrected chi connectivity index (χ4v) is 2.70. The lowest BCUT2D eigenvalue weighted by molar-refractivity contribution is 0.726. The van der Waals surface area contributed by atoms with Crippen LogP contribution in [0.5, 0.6) is 0 Å². The third-order valence-corrected chi connectivity index (χ3v) is 3.85. The van der Waals surface area contributed by atoms with Gasteiger partial charge in [-0.1, -0.05) is 24.4 Å². The van der Waals surface area contributed by atoms with Crippen molar-refractivity contribution in [1.29, 1.82) is 0 Å². The van der Waals surface area contributed by atoms with Crippen molar-refractivity contribution in [2.24, 2.45) is 0 Å². The van der Waals surface area contributed by atoms with Crippen LogP contribution in [0.4, 0.5) is 5.82 Å². The number of rotatable bonds is 1. The third-order valence-electron chi connectivity index (χ3n) is 3.48. The van der Waals surface area contributed by atoms with Crippen molar-refractivity contribution in [3.63, 3.8) is 0 Å². The molecule has 2 aromatic heterocycles. The zero-order valence-corrected chi connectivity index (χ0v) is 11.2. The molecule has 5 nitrogen and oxygen atoms in total. The van der Waals surface area contributed by atoms with Gasteiger partial charge in [0.2, 0.25) is 0 Å². The summed E-state index contributed by atoms with van der Waals surface area (Å²) in [5.41, 5.74) is 0.983. The van der Waals surface area contributed by atoms with Crippen LogP contribution in [-0.2, 0) is 0 Å². The molecule has 0 unspecified atom stereocenters. The molecule has 18 heavy (non-hydrogen) atoms. The van der Waals surface area contributed by atoms with E-state index in [9.17, 15) is 0 Å². The highest BCUT2D eigenvalue weighted by molar-refractivity contribution is 6.30. The summed E-state index contributed by atoms with van der Waals surface area (Å²) in [6.45, 7) is 4.10. The molecule has 0 radical (unpaired) electrons. The Kier molecular flexibility index (Phi) is 3.07. The summed E-state index contributed by atoms with van der Waals surface area (Å²) in [6, 6.07) is 0. The predicted octanol–water partition coefficient (Wildman–Crippen LogP) is 2.47. The van der Waals surface area contributed by atoms with Crippen LogP contribution in [0.3, 0.4) is 0 Å². The number of hydrogen-bond donors (Lipinski definition) is 0. The van der Waals surface area contributed by atoms with E-state index in [-0.39, 0.29) is 0 Å². The topological polar surface area (TPSA) is 46.3 Å². The quantitative estimate of drug-likeness (QED) is 0.743. The summed E-state index contributed by atoms with van der Waals surface area (Å²) in [4.78, 5) is 10.7. The van der Waals surface area contributed by atoms with Crippen LogP contribution in [-0.4, -0.2) is 32.7 Å². The lowest BCUT2D eigenvalue weighted by Crippen LogP contribution is -2.27. The zero-order chi connectivity index (χ0) is 12.5. The minimum absolute atomic E-state index is 0.523. The summed E-state index contributed by atoms with van der Waals surface area (Å²) in [6.07, 6.45) is 6.56. The predicted molar refractivity (Wildman–Crippen MR) is 71.2 cm³/mol. The summed E-state index contributed by atoms with van der Waals surface area (Å²) >= 11 is 6.19. The van der Waals surface area contributed by atoms with E-state index in [0.717, 1.165) is 24.5 Å². The number of nitrogens with zero attached hydrogens (tertiary/aromatic N) is 5. The molecule has 0 bridgehead atoms. The maximum Gasteiger partial charge on any atom is 0.255 e. The molecule has 96 valence electrons. The van der Waals surface area contributed by atoms with E-state index < -0.39 is 0 Å². The fraction of sp³-hybridized carbons (Fsp3) is 0.583. The minimum atomic E-state index is 0.523. The lowest BCUT2D eigenvalue weighted by Gasteiger charge is -2.24. The molecule has 3 rings (SSSR count). The highest BCUT2D eigenvalue weighted by Crippen LogP contribution is 2.27. The van der Waals surface area contributed by atoms with Gasteiger partial charge in [-0.2, -0.15) is 19.6 Å². The van der Waals surface area contributed by atoms with Gasteiger partial charge in [-0.3, -0.25) is 0 Å². The molecule has 0 aromatic carbocycles. The Labute approximate surface area is 111 Å². The molecule has 0 N–H and O–H groups in total. The SMILES string of the molecule is Cc1c(Cl)nc2ncnn2c1N1CCCCCC1. The van der Waals surface area contributed by atoms with Gasteiger partial charge in [0.05, 0.1) is 0 Å². The standard InChI is InChI=1S/C12H16ClN5/c1-9-10(13)16-12-14-8-15-18(12)11(9)17-6-4-2-3-5-7-17/h8H,2-7H2,1H3. The summed E-state index contributed by atoms with van der Waals surface area (Å²) in [5.74, 6) is 1.62. The number of hydrogen-bond acceptors (Lipinski definition) is 4. The van der Waals surface area contributed by atoms with Crippen LogP contribution in [0.15, 0.2) is 6.33 Å². The van der Waals surface area contributed by atoms with Crippen molar-refractivity contribution in [1.82, 2.24) is 19.6 Å². The van der Waals surface area contributed by atoms with Gasteiger partial charge in [-0.15, -0.1) is 0 Å². The molecular formula is C12H16ClN5. The summed E-state index contributed by atoms with van der Waals surface area (Å²) in [5, 5.41) is 4.79. The molecular weight excluding hydrogens is 250 g/mol. The van der Waals surface area contributed by atoms with Gasteiger partial charge in [0, 0.05) is 18.7 Å². The van der Waals surface area contributed by atoms with Crippen molar-refractivity contribution < 1.29 is 0 Å². The van der Waals surface area contributed by atoms with Crippen molar-refractivity contribution in [2.45, 2.75) is 32.6 Å². The van der Waals surface area contributed by atoms with Gasteiger partial charge in [0.15, 0.2) is 0 Å². The molecule has 0 saturated carbocycles. The number of fused-ring (bicyclic) bond motifs is 1. The first-order valence-corrected chi connectivity index (χ1v) is 6.76. The Morgan fingerprint density at radius 3 is 2.61 bits per heavy atom. The molecule has 0 amide bonds. The molecule has 1 fully saturated rings. The van der Waals surface area contributed by atoms with E-state index in [0.29, 0.717) is 10.9 Å². The fourth-order valence-electron chi connectivity index (χ4n) is 2.54. The van der Waals surface area contributed by atoms with Crippen LogP contribution in [0, 0.1) is 6.92 Å². The molecule has 1 aliphatic rings. The van der Waals surface area contributed by atoms with Gasteiger partial charge >= 0.3 is 0 Å². The lowest BCUT2D eigenvalue weighted by atomic mass is 10.2. The molecule has 2 aromatic rings. The van der Waals surface area contributed by atoms with Crippen molar-refractivity contribution >= 4 is 23.2 Å². The van der Waals surface area contributed by atoms with Crippen molar-refractivity contribution in [3.05, 3.63) is 17.0 Å². The Morgan fingerprint density at radius 1 is 1.17 bits per heavy atom. The highest BCUT2D eigenvalue weighted by Gasteiger charge is 2.19. The first kappa shape index (κ1) is 11.7. The van der Waals surface area contributed by atoms with Gasteiger partial charge in [0.25, 0.3) is 5.78 Å². The van der Waals surface area contributed by atoms with Crippen LogP contribution < -0.4 is 4.90 Å². The average molecular weight is 266 g/mol. The summed E-state index contributed by atoms with van der Waals surface area (Å²) < 4.78 is 1.80. The zero-order valence-electron chi connectivity index (χ0n) is 10.4. The smallest absolute Gasteiger partial charge is 0.255 e. The molecule has 0 aliphatic carbocycles. The van der Waals surface area contributed by atoms with Crippen LogP contribution in [0.2, 0.25) is 5.15 Å². The normalized spacial score (nSPS) is 17.1. The van der Waals surface area contributed by atoms with Crippen LogP contribution >= 0.6 is 11.6 Å². The van der Waals surface area contributed by atoms with E-state index in [4.69, 9.17) is 11.6 Å². The monoisotopic (exact) mass is 265 g/mol. The molecule has 6 heteroatoms. The van der Waals surface area contributed by atoms with E-state index >= 15 is 0 Å². The second-order valence-electron chi connectivity index (χ2n) is 4.72. The Hall–Kier alpha value is -1.36. The number of aromatic nitrogens is 4. The van der Waals surface area contributed by atoms with Gasteiger partial charge in [-0.25, -0.2) is 0 Å². The van der Waals surface area contributed by atoms with E-state index in [1.807, 2.05) is 6.92 Å². The average Bonchev–Trinajstić information content (AvgIpc) is 2.64.